The van der Waals surface area contributed by atoms with Crippen LogP contribution in [0.15, 0.2) is 18.2 Å². The maximum absolute atomic E-state index is 12.0. The van der Waals surface area contributed by atoms with Crippen molar-refractivity contribution in [2.24, 2.45) is 5.84 Å². The van der Waals surface area contributed by atoms with Crippen LogP contribution < -0.4 is 16.6 Å². The lowest BCUT2D eigenvalue weighted by Gasteiger charge is -2.14. The van der Waals surface area contributed by atoms with E-state index in [1.54, 1.807) is 0 Å². The van der Waals surface area contributed by atoms with Crippen LogP contribution in [0.5, 0.6) is 0 Å². The number of nitrogens with two attached hydrogens (primary N) is 1. The quantitative estimate of drug-likeness (QED) is 0.390. The molecule has 0 radical (unpaired) electrons. The van der Waals surface area contributed by atoms with Crippen molar-refractivity contribution in [1.29, 1.82) is 0 Å². The molecule has 20 heavy (non-hydrogen) atoms. The summed E-state index contributed by atoms with van der Waals surface area (Å²) >= 11 is 0. The van der Waals surface area contributed by atoms with Gasteiger partial charge in [-0.25, -0.2) is 0 Å². The molecule has 110 valence electrons. The summed E-state index contributed by atoms with van der Waals surface area (Å²) in [5, 5.41) is 13.5. The molecule has 1 unspecified atom stereocenters. The van der Waals surface area contributed by atoms with Crippen molar-refractivity contribution in [2.75, 3.05) is 18.6 Å². The Morgan fingerprint density at radius 2 is 2.25 bits per heavy atom. The summed E-state index contributed by atoms with van der Waals surface area (Å²) in [5.41, 5.74) is 2.05. The standard InChI is InChI=1S/C12H18N4O4/c1-3-20-8(2)7-14-12(17)9-5-4-6-10(16(18)19)11(9)15-13/h4-6,8,15H,3,7,13H2,1-2H3,(H,14,17). The molecule has 8 heteroatoms. The largest absolute Gasteiger partial charge is 0.377 e. The lowest BCUT2D eigenvalue weighted by molar-refractivity contribution is -0.384. The number of ether oxygens (including phenoxy) is 1. The smallest absolute Gasteiger partial charge is 0.294 e. The minimum absolute atomic E-state index is 0.0148. The number of carbonyl (C=O) groups is 1. The summed E-state index contributed by atoms with van der Waals surface area (Å²) in [7, 11) is 0. The molecule has 0 fully saturated rings. The third kappa shape index (κ3) is 3.90. The van der Waals surface area contributed by atoms with Gasteiger partial charge >= 0.3 is 0 Å². The minimum Gasteiger partial charge on any atom is -0.377 e. The fraction of sp³-hybridized carbons (Fsp3) is 0.417. The first-order valence-corrected chi connectivity index (χ1v) is 6.15. The number of nitro groups is 1. The molecule has 0 aliphatic rings. The summed E-state index contributed by atoms with van der Waals surface area (Å²) in [5.74, 6) is 4.82. The highest BCUT2D eigenvalue weighted by molar-refractivity contribution is 6.01. The summed E-state index contributed by atoms with van der Waals surface area (Å²) in [6.45, 7) is 4.53. The third-order valence-electron chi connectivity index (χ3n) is 2.63. The molecule has 1 amide bonds. The van der Waals surface area contributed by atoms with Gasteiger partial charge in [-0.1, -0.05) is 6.07 Å². The van der Waals surface area contributed by atoms with Gasteiger partial charge in [0.05, 0.1) is 16.6 Å². The van der Waals surface area contributed by atoms with Crippen LogP contribution in [0.4, 0.5) is 11.4 Å². The number of hydrogen-bond donors (Lipinski definition) is 3. The summed E-state index contributed by atoms with van der Waals surface area (Å²) in [4.78, 5) is 22.3. The van der Waals surface area contributed by atoms with Crippen molar-refractivity contribution in [1.82, 2.24) is 5.32 Å². The number of nitrogens with one attached hydrogen (secondary N) is 2. The second-order valence-electron chi connectivity index (χ2n) is 4.08. The molecule has 0 saturated heterocycles. The van der Waals surface area contributed by atoms with Gasteiger partial charge in [-0.2, -0.15) is 0 Å². The molecule has 0 saturated carbocycles. The van der Waals surface area contributed by atoms with Gasteiger partial charge in [0.15, 0.2) is 0 Å². The first-order valence-electron chi connectivity index (χ1n) is 6.15. The van der Waals surface area contributed by atoms with Gasteiger partial charge in [-0.3, -0.25) is 20.8 Å². The van der Waals surface area contributed by atoms with Crippen LogP contribution in [-0.4, -0.2) is 30.1 Å². The van der Waals surface area contributed by atoms with E-state index in [1.807, 2.05) is 13.8 Å². The Kier molecular flexibility index (Phi) is 5.88. The Bertz CT molecular complexity index is 492. The highest BCUT2D eigenvalue weighted by Crippen LogP contribution is 2.27. The summed E-state index contributed by atoms with van der Waals surface area (Å²) in [6, 6.07) is 4.16. The lowest BCUT2D eigenvalue weighted by Crippen LogP contribution is -2.32. The highest BCUT2D eigenvalue weighted by atomic mass is 16.6. The monoisotopic (exact) mass is 282 g/mol. The normalized spacial score (nSPS) is 11.8. The summed E-state index contributed by atoms with van der Waals surface area (Å²) < 4.78 is 5.28. The van der Waals surface area contributed by atoms with E-state index in [-0.39, 0.29) is 23.0 Å². The molecule has 4 N–H and O–H groups in total. The SMILES string of the molecule is CCOC(C)CNC(=O)c1cccc([N+](=O)[O-])c1NN. The van der Waals surface area contributed by atoms with E-state index < -0.39 is 10.8 Å². The van der Waals surface area contributed by atoms with Crippen LogP contribution in [-0.2, 0) is 4.74 Å². The number of rotatable bonds is 7. The Morgan fingerprint density at radius 1 is 1.55 bits per heavy atom. The number of nitrogens with zero attached hydrogens (tertiary/aromatic N) is 1. The van der Waals surface area contributed by atoms with Crippen molar-refractivity contribution >= 4 is 17.3 Å². The molecule has 1 aromatic carbocycles. The van der Waals surface area contributed by atoms with E-state index in [9.17, 15) is 14.9 Å². The predicted molar refractivity (Wildman–Crippen MR) is 74.3 cm³/mol. The number of para-hydroxylation sites is 1. The maximum atomic E-state index is 12.0. The van der Waals surface area contributed by atoms with Crippen molar-refractivity contribution in [3.05, 3.63) is 33.9 Å². The fourth-order valence-corrected chi connectivity index (χ4v) is 1.71. The second-order valence-corrected chi connectivity index (χ2v) is 4.08. The average molecular weight is 282 g/mol. The van der Waals surface area contributed by atoms with Crippen LogP contribution >= 0.6 is 0 Å². The Labute approximate surface area is 116 Å². The van der Waals surface area contributed by atoms with Gasteiger partial charge < -0.3 is 15.5 Å². The number of hydrogen-bond acceptors (Lipinski definition) is 6. The average Bonchev–Trinajstić information content (AvgIpc) is 2.44. The molecule has 8 nitrogen and oxygen atoms in total. The van der Waals surface area contributed by atoms with Crippen LogP contribution in [0.1, 0.15) is 24.2 Å². The number of anilines is 1. The van der Waals surface area contributed by atoms with E-state index in [0.29, 0.717) is 13.2 Å². The number of carbonyl (C=O) groups excluding carboxylic acids is 1. The van der Waals surface area contributed by atoms with Gasteiger partial charge in [0.2, 0.25) is 0 Å². The molecule has 1 aromatic rings. The number of nitrogen functional groups attached to an aromatic ring is 1. The zero-order chi connectivity index (χ0) is 15.1. The van der Waals surface area contributed by atoms with Crippen LogP contribution in [0.3, 0.4) is 0 Å². The van der Waals surface area contributed by atoms with Gasteiger partial charge in [0, 0.05) is 19.2 Å². The molecule has 0 aliphatic heterocycles. The van der Waals surface area contributed by atoms with Crippen LogP contribution in [0.25, 0.3) is 0 Å². The zero-order valence-electron chi connectivity index (χ0n) is 11.4. The van der Waals surface area contributed by atoms with Crippen molar-refractivity contribution in [3.63, 3.8) is 0 Å². The lowest BCUT2D eigenvalue weighted by atomic mass is 10.1. The predicted octanol–water partition coefficient (Wildman–Crippen LogP) is 1.04. The van der Waals surface area contributed by atoms with Gasteiger partial charge in [-0.05, 0) is 19.9 Å². The minimum atomic E-state index is -0.602. The topological polar surface area (TPSA) is 120 Å². The number of hydrazine groups is 1. The number of benzene rings is 1. The zero-order valence-corrected chi connectivity index (χ0v) is 11.4. The molecular formula is C12H18N4O4. The molecule has 1 atom stereocenters. The molecule has 0 bridgehead atoms. The highest BCUT2D eigenvalue weighted by Gasteiger charge is 2.21. The van der Waals surface area contributed by atoms with Gasteiger partial charge in [-0.15, -0.1) is 0 Å². The number of amides is 1. The van der Waals surface area contributed by atoms with Crippen molar-refractivity contribution < 1.29 is 14.5 Å². The first-order chi connectivity index (χ1) is 9.51. The van der Waals surface area contributed by atoms with Gasteiger partial charge in [0.25, 0.3) is 11.6 Å². The fourth-order valence-electron chi connectivity index (χ4n) is 1.71. The Hall–Kier alpha value is -2.19. The molecule has 0 aromatic heterocycles. The maximum Gasteiger partial charge on any atom is 0.294 e. The molecule has 0 heterocycles. The van der Waals surface area contributed by atoms with Crippen LogP contribution in [0.2, 0.25) is 0 Å². The third-order valence-corrected chi connectivity index (χ3v) is 2.63. The van der Waals surface area contributed by atoms with E-state index in [0.717, 1.165) is 0 Å². The number of nitro benzene ring substituents is 1. The van der Waals surface area contributed by atoms with Crippen molar-refractivity contribution in [3.8, 4) is 0 Å². The van der Waals surface area contributed by atoms with E-state index in [4.69, 9.17) is 10.6 Å². The molecule has 0 aliphatic carbocycles. The van der Waals surface area contributed by atoms with E-state index >= 15 is 0 Å². The van der Waals surface area contributed by atoms with Gasteiger partial charge in [0.1, 0.15) is 5.69 Å². The molecule has 0 spiro atoms. The summed E-state index contributed by atoms with van der Waals surface area (Å²) in [6.07, 6.45) is -0.142. The van der Waals surface area contributed by atoms with E-state index in [2.05, 4.69) is 10.7 Å². The van der Waals surface area contributed by atoms with Crippen molar-refractivity contribution in [2.45, 2.75) is 20.0 Å². The van der Waals surface area contributed by atoms with E-state index in [1.165, 1.54) is 18.2 Å². The molecule has 1 rings (SSSR count). The Balaban J connectivity index is 2.87. The van der Waals surface area contributed by atoms with Crippen LogP contribution in [0, 0.1) is 10.1 Å². The second kappa shape index (κ2) is 7.41. The Morgan fingerprint density at radius 3 is 2.80 bits per heavy atom. The molecular weight excluding hydrogens is 264 g/mol. The first kappa shape index (κ1) is 15.9.